The van der Waals surface area contributed by atoms with Crippen LogP contribution in [0.15, 0.2) is 49.2 Å². The first-order chi connectivity index (χ1) is 7.81. The van der Waals surface area contributed by atoms with E-state index in [9.17, 15) is 0 Å². The molecule has 1 heterocycles. The van der Waals surface area contributed by atoms with E-state index >= 15 is 0 Å². The lowest BCUT2D eigenvalue weighted by Crippen LogP contribution is -1.91. The summed E-state index contributed by atoms with van der Waals surface area (Å²) in [5.41, 5.74) is 3.78. The van der Waals surface area contributed by atoms with Crippen molar-refractivity contribution in [2.45, 2.75) is 20.3 Å². The van der Waals surface area contributed by atoms with Gasteiger partial charge in [0.15, 0.2) is 0 Å². The van der Waals surface area contributed by atoms with Crippen molar-refractivity contribution in [1.29, 1.82) is 0 Å². The van der Waals surface area contributed by atoms with Gasteiger partial charge in [0, 0.05) is 17.3 Å². The molecular weight excluding hydrogens is 194 g/mol. The highest BCUT2D eigenvalue weighted by Gasteiger charge is 2.07. The molecule has 0 bridgehead atoms. The summed E-state index contributed by atoms with van der Waals surface area (Å²) in [5, 5.41) is 1.34. The van der Waals surface area contributed by atoms with Crippen LogP contribution in [0.25, 0.3) is 16.6 Å². The highest BCUT2D eigenvalue weighted by Crippen LogP contribution is 2.25. The van der Waals surface area contributed by atoms with Crippen LogP contribution in [0.4, 0.5) is 0 Å². The van der Waals surface area contributed by atoms with Gasteiger partial charge in [-0.25, -0.2) is 0 Å². The van der Waals surface area contributed by atoms with Gasteiger partial charge >= 0.3 is 0 Å². The number of hydrogen-bond acceptors (Lipinski definition) is 0. The standard InChI is InChI=1S/C15H17N/c1-4-12-11-16(13(5-2)6-3)15-10-8-7-9-14(12)15/h5-11H,2,4H2,1,3H3/b13-6+. The van der Waals surface area contributed by atoms with Crippen molar-refractivity contribution < 1.29 is 0 Å². The van der Waals surface area contributed by atoms with Crippen LogP contribution in [-0.2, 0) is 6.42 Å². The number of hydrogen-bond donors (Lipinski definition) is 0. The fourth-order valence-corrected chi connectivity index (χ4v) is 2.10. The Kier molecular flexibility index (Phi) is 2.95. The van der Waals surface area contributed by atoms with Crippen molar-refractivity contribution in [3.63, 3.8) is 0 Å². The van der Waals surface area contributed by atoms with Crippen molar-refractivity contribution in [2.24, 2.45) is 0 Å². The van der Waals surface area contributed by atoms with Crippen LogP contribution in [0.2, 0.25) is 0 Å². The lowest BCUT2D eigenvalue weighted by Gasteiger charge is -2.04. The van der Waals surface area contributed by atoms with Crippen molar-refractivity contribution in [3.05, 3.63) is 54.8 Å². The molecule has 0 amide bonds. The van der Waals surface area contributed by atoms with Crippen LogP contribution in [0, 0.1) is 0 Å². The van der Waals surface area contributed by atoms with Crippen molar-refractivity contribution in [1.82, 2.24) is 4.57 Å². The van der Waals surface area contributed by atoms with E-state index in [1.807, 2.05) is 13.0 Å². The molecule has 0 fully saturated rings. The summed E-state index contributed by atoms with van der Waals surface area (Å²) in [6, 6.07) is 8.51. The molecule has 0 spiro atoms. The first-order valence-corrected chi connectivity index (χ1v) is 5.70. The number of fused-ring (bicyclic) bond motifs is 1. The maximum atomic E-state index is 3.86. The van der Waals surface area contributed by atoms with Gasteiger partial charge in [-0.15, -0.1) is 0 Å². The van der Waals surface area contributed by atoms with Gasteiger partial charge in [-0.3, -0.25) is 0 Å². The van der Waals surface area contributed by atoms with Crippen LogP contribution >= 0.6 is 0 Å². The van der Waals surface area contributed by atoms with E-state index in [4.69, 9.17) is 0 Å². The average Bonchev–Trinajstić information content (AvgIpc) is 2.70. The van der Waals surface area contributed by atoms with Gasteiger partial charge in [0.25, 0.3) is 0 Å². The van der Waals surface area contributed by atoms with Gasteiger partial charge < -0.3 is 4.57 Å². The lowest BCUT2D eigenvalue weighted by molar-refractivity contribution is 1.11. The molecule has 1 nitrogen and oxygen atoms in total. The maximum absolute atomic E-state index is 3.86. The molecule has 0 N–H and O–H groups in total. The molecule has 82 valence electrons. The van der Waals surface area contributed by atoms with Crippen molar-refractivity contribution in [3.8, 4) is 0 Å². The number of aromatic nitrogens is 1. The molecule has 16 heavy (non-hydrogen) atoms. The topological polar surface area (TPSA) is 4.93 Å². The Hall–Kier alpha value is -1.76. The number of para-hydroxylation sites is 1. The second kappa shape index (κ2) is 4.40. The summed E-state index contributed by atoms with van der Waals surface area (Å²) in [6.45, 7) is 8.09. The van der Waals surface area contributed by atoms with Crippen LogP contribution in [0.1, 0.15) is 19.4 Å². The molecule has 0 saturated heterocycles. The molecule has 0 radical (unpaired) electrons. The molecule has 0 aliphatic heterocycles. The Balaban J connectivity index is 2.75. The highest BCUT2D eigenvalue weighted by molar-refractivity contribution is 5.87. The summed E-state index contributed by atoms with van der Waals surface area (Å²) in [6.07, 6.45) is 7.24. The highest BCUT2D eigenvalue weighted by atomic mass is 15.0. The van der Waals surface area contributed by atoms with E-state index in [1.54, 1.807) is 0 Å². The molecule has 0 saturated carbocycles. The van der Waals surface area contributed by atoms with Crippen LogP contribution in [-0.4, -0.2) is 4.57 Å². The Morgan fingerprint density at radius 1 is 1.38 bits per heavy atom. The fraction of sp³-hybridized carbons (Fsp3) is 0.200. The van der Waals surface area contributed by atoms with Gasteiger partial charge in [0.1, 0.15) is 0 Å². The lowest BCUT2D eigenvalue weighted by atomic mass is 10.1. The second-order valence-electron chi connectivity index (χ2n) is 3.81. The summed E-state index contributed by atoms with van der Waals surface area (Å²) >= 11 is 0. The summed E-state index contributed by atoms with van der Waals surface area (Å²) < 4.78 is 2.21. The number of nitrogens with zero attached hydrogens (tertiary/aromatic N) is 1. The zero-order valence-corrected chi connectivity index (χ0v) is 9.90. The molecule has 0 aliphatic rings. The van der Waals surface area contributed by atoms with Gasteiger partial charge in [0.05, 0.1) is 5.52 Å². The zero-order valence-electron chi connectivity index (χ0n) is 9.90. The van der Waals surface area contributed by atoms with Gasteiger partial charge in [-0.2, -0.15) is 0 Å². The van der Waals surface area contributed by atoms with E-state index in [2.05, 4.69) is 54.6 Å². The minimum absolute atomic E-state index is 1.06. The molecule has 2 rings (SSSR count). The molecule has 0 unspecified atom stereocenters. The van der Waals surface area contributed by atoms with E-state index in [0.29, 0.717) is 0 Å². The Labute approximate surface area is 96.7 Å². The second-order valence-corrected chi connectivity index (χ2v) is 3.81. The molecule has 1 heteroatoms. The molecule has 0 atom stereocenters. The Morgan fingerprint density at radius 3 is 2.75 bits per heavy atom. The van der Waals surface area contributed by atoms with Crippen LogP contribution in [0.5, 0.6) is 0 Å². The Bertz CT molecular complexity index is 544. The van der Waals surface area contributed by atoms with E-state index in [-0.39, 0.29) is 0 Å². The van der Waals surface area contributed by atoms with Crippen LogP contribution < -0.4 is 0 Å². The van der Waals surface area contributed by atoms with Gasteiger partial charge in [-0.05, 0) is 31.1 Å². The minimum atomic E-state index is 1.06. The first kappa shape index (κ1) is 10.7. The number of benzene rings is 1. The third kappa shape index (κ3) is 1.58. The quantitative estimate of drug-likeness (QED) is 0.669. The predicted molar refractivity (Wildman–Crippen MR) is 71.5 cm³/mol. The number of aryl methyl sites for hydroxylation is 1. The largest absolute Gasteiger partial charge is 0.317 e. The SMILES string of the molecule is C=C/C(=C\C)n1cc(CC)c2ccccc21. The third-order valence-corrected chi connectivity index (χ3v) is 2.96. The molecule has 1 aromatic carbocycles. The normalized spacial score (nSPS) is 12.0. The molecular formula is C15H17N. The van der Waals surface area contributed by atoms with Crippen molar-refractivity contribution >= 4 is 16.6 Å². The third-order valence-electron chi connectivity index (χ3n) is 2.96. The Morgan fingerprint density at radius 2 is 2.12 bits per heavy atom. The molecule has 0 aliphatic carbocycles. The average molecular weight is 211 g/mol. The zero-order chi connectivity index (χ0) is 11.5. The fourth-order valence-electron chi connectivity index (χ4n) is 2.10. The smallest absolute Gasteiger partial charge is 0.0531 e. The van der Waals surface area contributed by atoms with E-state index in [0.717, 1.165) is 12.1 Å². The summed E-state index contributed by atoms with van der Waals surface area (Å²) in [5.74, 6) is 0. The van der Waals surface area contributed by atoms with Crippen molar-refractivity contribution in [2.75, 3.05) is 0 Å². The first-order valence-electron chi connectivity index (χ1n) is 5.70. The van der Waals surface area contributed by atoms with Crippen LogP contribution in [0.3, 0.4) is 0 Å². The predicted octanol–water partition coefficient (Wildman–Crippen LogP) is 4.25. The van der Waals surface area contributed by atoms with Gasteiger partial charge in [-0.1, -0.05) is 37.8 Å². The summed E-state index contributed by atoms with van der Waals surface area (Å²) in [4.78, 5) is 0. The minimum Gasteiger partial charge on any atom is -0.317 e. The van der Waals surface area contributed by atoms with E-state index in [1.165, 1.54) is 16.5 Å². The maximum Gasteiger partial charge on any atom is 0.0531 e. The molecule has 2 aromatic rings. The number of rotatable bonds is 3. The summed E-state index contributed by atoms with van der Waals surface area (Å²) in [7, 11) is 0. The monoisotopic (exact) mass is 211 g/mol. The van der Waals surface area contributed by atoms with E-state index < -0.39 is 0 Å². The number of allylic oxidation sites excluding steroid dienone is 3. The van der Waals surface area contributed by atoms with Gasteiger partial charge in [0.2, 0.25) is 0 Å². The molecule has 1 aromatic heterocycles.